The highest BCUT2D eigenvalue weighted by molar-refractivity contribution is 6.32. The second-order valence-electron chi connectivity index (χ2n) is 5.02. The number of aryl methyl sites for hydroxylation is 1. The molecular formula is C14H20Cl2FN. The van der Waals surface area contributed by atoms with Crippen LogP contribution in [0.5, 0.6) is 0 Å². The monoisotopic (exact) mass is 291 g/mol. The third kappa shape index (κ3) is 3.17. The van der Waals surface area contributed by atoms with Crippen molar-refractivity contribution in [2.24, 2.45) is 11.7 Å². The topological polar surface area (TPSA) is 26.0 Å². The van der Waals surface area contributed by atoms with Crippen molar-refractivity contribution in [2.45, 2.75) is 45.1 Å². The van der Waals surface area contributed by atoms with Crippen molar-refractivity contribution in [3.05, 3.63) is 34.1 Å². The summed E-state index contributed by atoms with van der Waals surface area (Å²) >= 11 is 6.19. The van der Waals surface area contributed by atoms with Crippen molar-refractivity contribution in [3.63, 3.8) is 0 Å². The Morgan fingerprint density at radius 1 is 1.28 bits per heavy atom. The molecule has 1 aliphatic carbocycles. The second kappa shape index (κ2) is 6.74. The number of nitrogens with two attached hydrogens (primary N) is 1. The Balaban J connectivity index is 0.00000162. The zero-order valence-electron chi connectivity index (χ0n) is 10.6. The minimum absolute atomic E-state index is 0. The van der Waals surface area contributed by atoms with Gasteiger partial charge in [0, 0.05) is 11.6 Å². The molecule has 4 heteroatoms. The van der Waals surface area contributed by atoms with Crippen molar-refractivity contribution in [3.8, 4) is 0 Å². The fourth-order valence-corrected chi connectivity index (χ4v) is 2.99. The lowest BCUT2D eigenvalue weighted by molar-refractivity contribution is 0.303. The first-order chi connectivity index (χ1) is 8.11. The Hall–Kier alpha value is -0.310. The van der Waals surface area contributed by atoms with Gasteiger partial charge in [0.1, 0.15) is 5.82 Å². The van der Waals surface area contributed by atoms with Gasteiger partial charge in [-0.1, -0.05) is 36.9 Å². The molecule has 0 radical (unpaired) electrons. The van der Waals surface area contributed by atoms with Crippen LogP contribution in [0.25, 0.3) is 0 Å². The molecule has 1 aromatic rings. The smallest absolute Gasteiger partial charge is 0.129 e. The van der Waals surface area contributed by atoms with E-state index in [1.807, 2.05) is 6.92 Å². The molecule has 1 aromatic carbocycles. The Kier molecular flexibility index (Phi) is 5.90. The Bertz CT molecular complexity index is 403. The highest BCUT2D eigenvalue weighted by Crippen LogP contribution is 2.37. The van der Waals surface area contributed by atoms with Gasteiger partial charge in [-0.25, -0.2) is 4.39 Å². The van der Waals surface area contributed by atoms with Crippen LogP contribution in [0.15, 0.2) is 12.1 Å². The summed E-state index contributed by atoms with van der Waals surface area (Å²) in [7, 11) is 0. The first-order valence-electron chi connectivity index (χ1n) is 6.31. The maximum Gasteiger partial charge on any atom is 0.129 e. The Labute approximate surface area is 119 Å². The fourth-order valence-electron chi connectivity index (χ4n) is 2.71. The predicted octanol–water partition coefficient (Wildman–Crippen LogP) is 4.79. The normalized spacial score (nSPS) is 18.2. The van der Waals surface area contributed by atoms with Gasteiger partial charge in [0.15, 0.2) is 0 Å². The number of benzene rings is 1. The van der Waals surface area contributed by atoms with E-state index in [2.05, 4.69) is 0 Å². The summed E-state index contributed by atoms with van der Waals surface area (Å²) in [6.07, 6.45) is 5.84. The molecule has 1 atom stereocenters. The molecule has 0 bridgehead atoms. The van der Waals surface area contributed by atoms with Gasteiger partial charge in [-0.15, -0.1) is 12.4 Å². The van der Waals surface area contributed by atoms with E-state index in [0.29, 0.717) is 16.5 Å². The van der Waals surface area contributed by atoms with Gasteiger partial charge in [0.2, 0.25) is 0 Å². The molecule has 102 valence electrons. The van der Waals surface area contributed by atoms with E-state index in [4.69, 9.17) is 17.3 Å². The molecular weight excluding hydrogens is 272 g/mol. The van der Waals surface area contributed by atoms with Crippen LogP contribution < -0.4 is 5.73 Å². The number of hydrogen-bond acceptors (Lipinski definition) is 1. The van der Waals surface area contributed by atoms with Crippen LogP contribution in [0, 0.1) is 18.7 Å². The molecule has 1 saturated carbocycles. The summed E-state index contributed by atoms with van der Waals surface area (Å²) in [6.45, 7) is 1.89. The molecule has 1 nitrogen and oxygen atoms in total. The van der Waals surface area contributed by atoms with E-state index < -0.39 is 0 Å². The van der Waals surface area contributed by atoms with Crippen molar-refractivity contribution < 1.29 is 4.39 Å². The fraction of sp³-hybridized carbons (Fsp3) is 0.571. The Morgan fingerprint density at radius 3 is 2.50 bits per heavy atom. The maximum atomic E-state index is 13.9. The van der Waals surface area contributed by atoms with Crippen molar-refractivity contribution in [1.29, 1.82) is 0 Å². The van der Waals surface area contributed by atoms with Crippen LogP contribution in [0.1, 0.15) is 49.3 Å². The first kappa shape index (κ1) is 15.7. The molecule has 2 rings (SSSR count). The quantitative estimate of drug-likeness (QED) is 0.833. The zero-order valence-corrected chi connectivity index (χ0v) is 12.2. The summed E-state index contributed by atoms with van der Waals surface area (Å²) < 4.78 is 13.9. The number of halogens is 3. The molecule has 2 N–H and O–H groups in total. The van der Waals surface area contributed by atoms with Crippen molar-refractivity contribution in [2.75, 3.05) is 0 Å². The van der Waals surface area contributed by atoms with Crippen molar-refractivity contribution in [1.82, 2.24) is 0 Å². The molecule has 0 amide bonds. The van der Waals surface area contributed by atoms with Gasteiger partial charge in [0.05, 0.1) is 5.02 Å². The highest BCUT2D eigenvalue weighted by Gasteiger charge is 2.26. The predicted molar refractivity (Wildman–Crippen MR) is 76.9 cm³/mol. The molecule has 1 fully saturated rings. The van der Waals surface area contributed by atoms with Gasteiger partial charge in [-0.05, 0) is 37.3 Å². The minimum atomic E-state index is -0.265. The van der Waals surface area contributed by atoms with Crippen LogP contribution in [-0.4, -0.2) is 0 Å². The number of hydrogen-bond donors (Lipinski definition) is 1. The van der Waals surface area contributed by atoms with Crippen LogP contribution >= 0.6 is 24.0 Å². The molecule has 0 heterocycles. The largest absolute Gasteiger partial charge is 0.324 e. The molecule has 0 saturated heterocycles. The average Bonchev–Trinajstić information content (AvgIpc) is 2.35. The molecule has 0 unspecified atom stereocenters. The van der Waals surface area contributed by atoms with E-state index >= 15 is 0 Å². The summed E-state index contributed by atoms with van der Waals surface area (Å²) in [5.74, 6) is 0.108. The molecule has 1 aliphatic rings. The van der Waals surface area contributed by atoms with Gasteiger partial charge in [-0.3, -0.25) is 0 Å². The van der Waals surface area contributed by atoms with E-state index in [-0.39, 0.29) is 24.3 Å². The average molecular weight is 292 g/mol. The lowest BCUT2D eigenvalue weighted by Gasteiger charge is -2.28. The lowest BCUT2D eigenvalue weighted by atomic mass is 9.81. The van der Waals surface area contributed by atoms with Crippen LogP contribution in [0.2, 0.25) is 5.02 Å². The minimum Gasteiger partial charge on any atom is -0.324 e. The Morgan fingerprint density at radius 2 is 1.89 bits per heavy atom. The molecule has 18 heavy (non-hydrogen) atoms. The van der Waals surface area contributed by atoms with Crippen molar-refractivity contribution >= 4 is 24.0 Å². The standard InChI is InChI=1S/C14H19ClFN.ClH/c1-9-7-8-11(16)12(13(9)15)14(17)10-5-3-2-4-6-10;/h7-8,10,14H,2-6,17H2,1H3;1H/t14-;/m0./s1. The zero-order chi connectivity index (χ0) is 12.4. The van der Waals surface area contributed by atoms with E-state index in [1.165, 1.54) is 25.3 Å². The van der Waals surface area contributed by atoms with Gasteiger partial charge < -0.3 is 5.73 Å². The molecule has 0 aliphatic heterocycles. The van der Waals surface area contributed by atoms with Gasteiger partial charge in [-0.2, -0.15) is 0 Å². The second-order valence-corrected chi connectivity index (χ2v) is 5.39. The van der Waals surface area contributed by atoms with Gasteiger partial charge >= 0.3 is 0 Å². The molecule has 0 spiro atoms. The van der Waals surface area contributed by atoms with Crippen LogP contribution in [0.3, 0.4) is 0 Å². The molecule has 0 aromatic heterocycles. The maximum absolute atomic E-state index is 13.9. The van der Waals surface area contributed by atoms with Crippen LogP contribution in [-0.2, 0) is 0 Å². The summed E-state index contributed by atoms with van der Waals surface area (Å²) in [5.41, 5.74) is 7.63. The third-order valence-corrected chi connectivity index (χ3v) is 4.31. The SMILES string of the molecule is Cc1ccc(F)c([C@@H](N)C2CCCCC2)c1Cl.Cl. The van der Waals surface area contributed by atoms with E-state index in [9.17, 15) is 4.39 Å². The summed E-state index contributed by atoms with van der Waals surface area (Å²) in [6, 6.07) is 2.91. The number of rotatable bonds is 2. The summed E-state index contributed by atoms with van der Waals surface area (Å²) in [4.78, 5) is 0. The van der Waals surface area contributed by atoms with E-state index in [0.717, 1.165) is 18.4 Å². The summed E-state index contributed by atoms with van der Waals surface area (Å²) in [5, 5.41) is 0.503. The lowest BCUT2D eigenvalue weighted by Crippen LogP contribution is -2.25. The van der Waals surface area contributed by atoms with E-state index in [1.54, 1.807) is 6.07 Å². The highest BCUT2D eigenvalue weighted by atomic mass is 35.5. The van der Waals surface area contributed by atoms with Gasteiger partial charge in [0.25, 0.3) is 0 Å². The third-order valence-electron chi connectivity index (χ3n) is 3.81. The first-order valence-corrected chi connectivity index (χ1v) is 6.69. The van der Waals surface area contributed by atoms with Crippen LogP contribution in [0.4, 0.5) is 4.39 Å².